The topological polar surface area (TPSA) is 51.8 Å². The molecule has 0 spiro atoms. The summed E-state index contributed by atoms with van der Waals surface area (Å²) in [5, 5.41) is 0. The summed E-state index contributed by atoms with van der Waals surface area (Å²) in [5.74, 6) is 2.46. The van der Waals surface area contributed by atoms with E-state index in [2.05, 4.69) is 30.1 Å². The van der Waals surface area contributed by atoms with Crippen LogP contribution in [0.4, 0.5) is 0 Å². The first-order chi connectivity index (χ1) is 7.17. The van der Waals surface area contributed by atoms with Crippen molar-refractivity contribution in [3.05, 3.63) is 5.82 Å². The maximum absolute atomic E-state index is 6.05. The summed E-state index contributed by atoms with van der Waals surface area (Å²) < 4.78 is 5.29. The van der Waals surface area contributed by atoms with Gasteiger partial charge in [0.15, 0.2) is 4.34 Å². The van der Waals surface area contributed by atoms with Gasteiger partial charge in [0, 0.05) is 18.2 Å². The first-order valence-electron chi connectivity index (χ1n) is 5.38. The fraction of sp³-hybridized carbons (Fsp3) is 0.800. The Morgan fingerprint density at radius 3 is 2.73 bits per heavy atom. The number of nitrogens with zero attached hydrogens (tertiary/aromatic N) is 2. The summed E-state index contributed by atoms with van der Waals surface area (Å²) in [6, 6.07) is 0.258. The van der Waals surface area contributed by atoms with Gasteiger partial charge in [0.05, 0.1) is 0 Å². The van der Waals surface area contributed by atoms with E-state index in [-0.39, 0.29) is 6.04 Å². The van der Waals surface area contributed by atoms with Gasteiger partial charge in [-0.15, -0.1) is 0 Å². The summed E-state index contributed by atoms with van der Waals surface area (Å²) in [4.78, 5) is 4.40. The van der Waals surface area contributed by atoms with Gasteiger partial charge in [0.1, 0.15) is 5.82 Å². The van der Waals surface area contributed by atoms with Gasteiger partial charge in [-0.05, 0) is 17.5 Å². The van der Waals surface area contributed by atoms with Gasteiger partial charge in [-0.25, -0.2) is 4.98 Å². The lowest BCUT2D eigenvalue weighted by Gasteiger charge is -2.16. The van der Waals surface area contributed by atoms with E-state index in [4.69, 9.17) is 5.73 Å². The van der Waals surface area contributed by atoms with Gasteiger partial charge < -0.3 is 5.73 Å². The van der Waals surface area contributed by atoms with Crippen LogP contribution in [0.5, 0.6) is 0 Å². The molecule has 2 unspecified atom stereocenters. The largest absolute Gasteiger partial charge is 0.327 e. The molecule has 0 saturated carbocycles. The highest BCUT2D eigenvalue weighted by molar-refractivity contribution is 8.00. The van der Waals surface area contributed by atoms with Crippen molar-refractivity contribution >= 4 is 23.3 Å². The molecule has 1 aromatic heterocycles. The molecule has 0 saturated heterocycles. The molecular weight excluding hydrogens is 226 g/mol. The van der Waals surface area contributed by atoms with Gasteiger partial charge in [-0.3, -0.25) is 0 Å². The molecule has 1 rings (SSSR count). The Bertz CT molecular complexity index is 288. The molecule has 0 aromatic carbocycles. The SMILES string of the molecule is CCc1nsc(SCC(N)C(C)CC)n1. The summed E-state index contributed by atoms with van der Waals surface area (Å²) in [7, 11) is 0. The number of rotatable bonds is 6. The van der Waals surface area contributed by atoms with Gasteiger partial charge in [0.2, 0.25) is 0 Å². The maximum atomic E-state index is 6.05. The predicted octanol–water partition coefficient (Wildman–Crippen LogP) is 2.57. The first-order valence-corrected chi connectivity index (χ1v) is 7.14. The van der Waals surface area contributed by atoms with Crippen molar-refractivity contribution in [2.24, 2.45) is 11.7 Å². The van der Waals surface area contributed by atoms with Gasteiger partial charge in [-0.1, -0.05) is 39.0 Å². The molecule has 0 aliphatic carbocycles. The van der Waals surface area contributed by atoms with Crippen LogP contribution in [0.2, 0.25) is 0 Å². The third-order valence-electron chi connectivity index (χ3n) is 2.54. The Balaban J connectivity index is 2.36. The summed E-state index contributed by atoms with van der Waals surface area (Å²) in [6.45, 7) is 6.44. The second-order valence-corrected chi connectivity index (χ2v) is 5.71. The number of aromatic nitrogens is 2. The van der Waals surface area contributed by atoms with Crippen molar-refractivity contribution in [2.75, 3.05) is 5.75 Å². The Hall–Kier alpha value is -0.130. The molecule has 0 fully saturated rings. The smallest absolute Gasteiger partial charge is 0.170 e. The average molecular weight is 245 g/mol. The zero-order chi connectivity index (χ0) is 11.3. The van der Waals surface area contributed by atoms with E-state index >= 15 is 0 Å². The minimum atomic E-state index is 0.258. The average Bonchev–Trinajstić information content (AvgIpc) is 2.72. The monoisotopic (exact) mass is 245 g/mol. The number of hydrogen-bond acceptors (Lipinski definition) is 5. The van der Waals surface area contributed by atoms with E-state index in [0.717, 1.165) is 28.8 Å². The Morgan fingerprint density at radius 2 is 2.20 bits per heavy atom. The number of hydrogen-bond donors (Lipinski definition) is 1. The van der Waals surface area contributed by atoms with E-state index in [1.54, 1.807) is 11.8 Å². The number of nitrogens with two attached hydrogens (primary N) is 1. The van der Waals surface area contributed by atoms with E-state index in [1.807, 2.05) is 0 Å². The van der Waals surface area contributed by atoms with Crippen LogP contribution in [0.3, 0.4) is 0 Å². The Labute approximate surface area is 100 Å². The minimum absolute atomic E-state index is 0.258. The third-order valence-corrected chi connectivity index (χ3v) is 4.56. The van der Waals surface area contributed by atoms with Gasteiger partial charge in [-0.2, -0.15) is 4.37 Å². The van der Waals surface area contributed by atoms with Crippen LogP contribution >= 0.6 is 23.3 Å². The Kier molecular flexibility index (Phi) is 5.56. The number of aryl methyl sites for hydroxylation is 1. The lowest BCUT2D eigenvalue weighted by Crippen LogP contribution is -2.30. The Morgan fingerprint density at radius 1 is 1.47 bits per heavy atom. The quantitative estimate of drug-likeness (QED) is 0.783. The molecule has 0 amide bonds. The van der Waals surface area contributed by atoms with Crippen molar-refractivity contribution in [3.8, 4) is 0 Å². The third kappa shape index (κ3) is 4.09. The second-order valence-electron chi connectivity index (χ2n) is 3.69. The van der Waals surface area contributed by atoms with Crippen molar-refractivity contribution < 1.29 is 0 Å². The zero-order valence-electron chi connectivity index (χ0n) is 9.56. The van der Waals surface area contributed by atoms with E-state index in [9.17, 15) is 0 Å². The highest BCUT2D eigenvalue weighted by Gasteiger charge is 2.12. The van der Waals surface area contributed by atoms with Crippen LogP contribution in [-0.4, -0.2) is 21.2 Å². The van der Waals surface area contributed by atoms with Crippen molar-refractivity contribution in [1.29, 1.82) is 0 Å². The molecule has 15 heavy (non-hydrogen) atoms. The molecule has 0 bridgehead atoms. The fourth-order valence-electron chi connectivity index (χ4n) is 1.07. The maximum Gasteiger partial charge on any atom is 0.170 e. The molecule has 5 heteroatoms. The normalized spacial score (nSPS) is 15.2. The first kappa shape index (κ1) is 12.9. The molecule has 2 atom stereocenters. The molecule has 1 aromatic rings. The minimum Gasteiger partial charge on any atom is -0.327 e. The van der Waals surface area contributed by atoms with Gasteiger partial charge >= 0.3 is 0 Å². The van der Waals surface area contributed by atoms with E-state index in [1.165, 1.54) is 11.5 Å². The lowest BCUT2D eigenvalue weighted by atomic mass is 10.0. The predicted molar refractivity (Wildman–Crippen MR) is 67.4 cm³/mol. The van der Waals surface area contributed by atoms with E-state index < -0.39 is 0 Å². The molecule has 86 valence electrons. The van der Waals surface area contributed by atoms with Gasteiger partial charge in [0.25, 0.3) is 0 Å². The zero-order valence-corrected chi connectivity index (χ0v) is 11.2. The summed E-state index contributed by atoms with van der Waals surface area (Å²) >= 11 is 3.21. The van der Waals surface area contributed by atoms with Crippen LogP contribution in [0.25, 0.3) is 0 Å². The highest BCUT2D eigenvalue weighted by atomic mass is 32.2. The molecule has 0 radical (unpaired) electrons. The van der Waals surface area contributed by atoms with Crippen LogP contribution in [0, 0.1) is 5.92 Å². The molecule has 0 aliphatic rings. The van der Waals surface area contributed by atoms with Crippen molar-refractivity contribution in [1.82, 2.24) is 9.36 Å². The molecular formula is C10H19N3S2. The standard InChI is InChI=1S/C10H19N3S2/c1-4-7(3)8(11)6-14-10-12-9(5-2)13-15-10/h7-8H,4-6,11H2,1-3H3. The molecule has 3 nitrogen and oxygen atoms in total. The highest BCUT2D eigenvalue weighted by Crippen LogP contribution is 2.22. The number of thioether (sulfide) groups is 1. The fourth-order valence-corrected chi connectivity index (χ4v) is 2.93. The van der Waals surface area contributed by atoms with Crippen LogP contribution in [-0.2, 0) is 6.42 Å². The van der Waals surface area contributed by atoms with Crippen molar-refractivity contribution in [2.45, 2.75) is 44.0 Å². The van der Waals surface area contributed by atoms with Crippen LogP contribution < -0.4 is 5.73 Å². The molecule has 1 heterocycles. The molecule has 2 N–H and O–H groups in total. The summed E-state index contributed by atoms with van der Waals surface area (Å²) in [6.07, 6.45) is 2.05. The summed E-state index contributed by atoms with van der Waals surface area (Å²) in [5.41, 5.74) is 6.05. The second kappa shape index (κ2) is 6.45. The van der Waals surface area contributed by atoms with Crippen molar-refractivity contribution in [3.63, 3.8) is 0 Å². The van der Waals surface area contributed by atoms with Crippen LogP contribution in [0.15, 0.2) is 4.34 Å². The van der Waals surface area contributed by atoms with Crippen LogP contribution in [0.1, 0.15) is 33.0 Å². The molecule has 0 aliphatic heterocycles. The van der Waals surface area contributed by atoms with E-state index in [0.29, 0.717) is 5.92 Å². The lowest BCUT2D eigenvalue weighted by molar-refractivity contribution is 0.475.